The van der Waals surface area contributed by atoms with Gasteiger partial charge in [0.25, 0.3) is 0 Å². The minimum atomic E-state index is -5.47. The van der Waals surface area contributed by atoms with E-state index in [1.54, 1.807) is 14.2 Å². The van der Waals surface area contributed by atoms with Gasteiger partial charge in [-0.3, -0.25) is 0 Å². The molecule has 2 aliphatic rings. The molecule has 8 rings (SSSR count). The van der Waals surface area contributed by atoms with Gasteiger partial charge in [0, 0.05) is 0 Å². The summed E-state index contributed by atoms with van der Waals surface area (Å²) in [7, 11) is 21.4. The van der Waals surface area contributed by atoms with Gasteiger partial charge in [-0.15, -0.1) is 0 Å². The molecule has 0 radical (unpaired) electrons. The number of rotatable bonds is 8. The molecule has 2 unspecified atom stereocenters. The van der Waals surface area contributed by atoms with Crippen LogP contribution in [0.3, 0.4) is 0 Å². The van der Waals surface area contributed by atoms with Crippen LogP contribution in [0.5, 0.6) is 11.5 Å². The van der Waals surface area contributed by atoms with Crippen molar-refractivity contribution < 1.29 is 33.3 Å². The molecule has 2 aromatic heterocycles. The van der Waals surface area contributed by atoms with Gasteiger partial charge in [0.05, 0.1) is 0 Å². The molecule has 0 aliphatic heterocycles. The number of ether oxygens (including phenoxy) is 2. The third-order valence-corrected chi connectivity index (χ3v) is 58.7. The van der Waals surface area contributed by atoms with Crippen molar-refractivity contribution in [2.24, 2.45) is 0 Å². The van der Waals surface area contributed by atoms with Gasteiger partial charge in [0.1, 0.15) is 0 Å². The summed E-state index contributed by atoms with van der Waals surface area (Å²) in [5, 5.41) is 0. The summed E-state index contributed by atoms with van der Waals surface area (Å²) in [6, 6.07) is 29.8. The number of halogens is 2. The molecule has 2 heterocycles. The Bertz CT molecular complexity index is 2520. The summed E-state index contributed by atoms with van der Waals surface area (Å²) in [5.74, 6) is 5.06. The van der Waals surface area contributed by atoms with Crippen LogP contribution in [0.2, 0.25) is 13.1 Å². The van der Waals surface area contributed by atoms with E-state index in [9.17, 15) is 0 Å². The van der Waals surface area contributed by atoms with E-state index in [1.165, 1.54) is 0 Å². The number of hydrogen-bond acceptors (Lipinski definition) is 4. The Balaban J connectivity index is 1.49. The summed E-state index contributed by atoms with van der Waals surface area (Å²) < 4.78 is 24.7. The Morgan fingerprint density at radius 3 is 1.29 bits per heavy atom. The van der Waals surface area contributed by atoms with Gasteiger partial charge in [-0.2, -0.15) is 0 Å². The first kappa shape index (κ1) is 39.0. The maximum atomic E-state index is 8.98. The average molecular weight is 879 g/mol. The topological polar surface area (TPSA) is 44.7 Å². The molecule has 286 valence electrons. The van der Waals surface area contributed by atoms with Crippen LogP contribution in [0.1, 0.15) is 74.8 Å². The zero-order valence-corrected chi connectivity index (χ0v) is 38.8. The van der Waals surface area contributed by atoms with Crippen LogP contribution in [-0.4, -0.2) is 19.7 Å². The second kappa shape index (κ2) is 14.2. The number of furan rings is 2. The quantitative estimate of drug-likeness (QED) is 0.143. The zero-order valence-electron chi connectivity index (χ0n) is 33.8. The molecule has 4 nitrogen and oxygen atoms in total. The van der Waals surface area contributed by atoms with Gasteiger partial charge in [0.2, 0.25) is 0 Å². The molecular weight excluding hydrogens is 831 g/mol. The Morgan fingerprint density at radius 1 is 0.554 bits per heavy atom. The van der Waals surface area contributed by atoms with Gasteiger partial charge in [0.15, 0.2) is 0 Å². The molecule has 4 aromatic carbocycles. The summed E-state index contributed by atoms with van der Waals surface area (Å²) in [6.07, 6.45) is 4.65. The molecule has 8 heteroatoms. The first-order valence-corrected chi connectivity index (χ1v) is 34.5. The second-order valence-corrected chi connectivity index (χ2v) is 54.6. The zero-order chi connectivity index (χ0) is 39.9. The number of allylic oxidation sites excluding steroid dienone is 2. The second-order valence-electron chi connectivity index (χ2n) is 15.8. The van der Waals surface area contributed by atoms with Crippen LogP contribution >= 0.6 is 17.0 Å². The Morgan fingerprint density at radius 2 is 0.946 bits per heavy atom. The van der Waals surface area contributed by atoms with Crippen molar-refractivity contribution in [2.45, 2.75) is 61.9 Å². The molecule has 2 atom stereocenters. The Labute approximate surface area is 338 Å². The van der Waals surface area contributed by atoms with Gasteiger partial charge in [-0.25, -0.2) is 0 Å². The first-order chi connectivity index (χ1) is 26.7. The molecule has 0 saturated carbocycles. The van der Waals surface area contributed by atoms with Crippen molar-refractivity contribution in [3.63, 3.8) is 0 Å². The van der Waals surface area contributed by atoms with E-state index in [-0.39, 0.29) is 7.25 Å². The van der Waals surface area contributed by atoms with Crippen LogP contribution < -0.4 is 9.47 Å². The van der Waals surface area contributed by atoms with E-state index < -0.39 is 20.4 Å². The minimum absolute atomic E-state index is 0.287. The molecule has 0 N–H and O–H groups in total. The first-order valence-electron chi connectivity index (χ1n) is 19.2. The van der Waals surface area contributed by atoms with E-state index in [1.807, 2.05) is 38.1 Å². The van der Waals surface area contributed by atoms with Crippen LogP contribution in [0, 0.1) is 41.5 Å². The maximum absolute atomic E-state index is 8.98. The van der Waals surface area contributed by atoms with Crippen molar-refractivity contribution >= 4 is 45.8 Å². The van der Waals surface area contributed by atoms with Crippen molar-refractivity contribution in [1.82, 2.24) is 0 Å². The fraction of sp³-hybridized carbons (Fsp3) is 0.250. The van der Waals surface area contributed by atoms with Crippen molar-refractivity contribution in [1.29, 1.82) is 0 Å². The number of fused-ring (bicyclic) bond motifs is 2. The molecule has 56 heavy (non-hydrogen) atoms. The van der Waals surface area contributed by atoms with Crippen LogP contribution in [-0.2, 0) is 15.0 Å². The van der Waals surface area contributed by atoms with Crippen molar-refractivity contribution in [3.05, 3.63) is 152 Å². The molecule has 0 bridgehead atoms. The predicted octanol–water partition coefficient (Wildman–Crippen LogP) is 14.2. The third kappa shape index (κ3) is 5.84. The van der Waals surface area contributed by atoms with E-state index in [0.717, 1.165) is 112 Å². The summed E-state index contributed by atoms with van der Waals surface area (Å²) >= 11 is -5.47. The van der Waals surface area contributed by atoms with Gasteiger partial charge in [-0.05, 0) is 0 Å². The fourth-order valence-electron chi connectivity index (χ4n) is 9.28. The number of aryl methyl sites for hydroxylation is 6. The summed E-state index contributed by atoms with van der Waals surface area (Å²) in [5.41, 5.74) is 14.0. The molecule has 2 aliphatic carbocycles. The van der Waals surface area contributed by atoms with Crippen LogP contribution in [0.15, 0.2) is 93.8 Å². The normalized spacial score (nSPS) is 16.4. The molecule has 0 spiro atoms. The van der Waals surface area contributed by atoms with Gasteiger partial charge >= 0.3 is 341 Å². The standard InChI is InChI=1S/2C23H21O2.C2H6Si.2ClH.Zr/c2*1-14-9-10-17-12-18(22-11-15(2)16(3)25-22)13-20(17)23(14)19-7-5-6-8-21(19)24-4;1-3-2;;;/h2*5-13H,1-4H3;1-2H3;2*1H;/q;;;;;+2/p-2. The Kier molecular flexibility index (Phi) is 9.93. The molecule has 0 saturated heterocycles. The van der Waals surface area contributed by atoms with Crippen molar-refractivity contribution in [2.75, 3.05) is 14.2 Å². The van der Waals surface area contributed by atoms with E-state index >= 15 is 0 Å². The monoisotopic (exact) mass is 876 g/mol. The third-order valence-electron chi connectivity index (χ3n) is 12.5. The van der Waals surface area contributed by atoms with Gasteiger partial charge in [-0.1, -0.05) is 0 Å². The van der Waals surface area contributed by atoms with E-state index in [2.05, 4.69) is 114 Å². The fourth-order valence-corrected chi connectivity index (χ4v) is 37.0. The summed E-state index contributed by atoms with van der Waals surface area (Å²) in [4.78, 5) is 0. The summed E-state index contributed by atoms with van der Waals surface area (Å²) in [6.45, 7) is 17.3. The SMILES string of the molecule is COc1ccccc1-c1c(C)ccc2c1C=C(c1cc(C)c(C)o1)[CH]2[Zr]([Cl])([Cl])([CH]1C(c2cc(C)c(C)o2)=Cc2c1ccc(C)c2-c1ccccc1OC)=[Si](C)C. The van der Waals surface area contributed by atoms with Crippen LogP contribution in [0.25, 0.3) is 45.6 Å². The van der Waals surface area contributed by atoms with Crippen molar-refractivity contribution in [3.8, 4) is 33.8 Å². The van der Waals surface area contributed by atoms with E-state index in [4.69, 9.17) is 35.3 Å². The van der Waals surface area contributed by atoms with Gasteiger partial charge < -0.3 is 0 Å². The Hall–Kier alpha value is -3.80. The number of methoxy groups -OCH3 is 2. The van der Waals surface area contributed by atoms with E-state index in [0.29, 0.717) is 0 Å². The number of hydrogen-bond donors (Lipinski definition) is 0. The molecule has 0 amide bonds. The molecule has 0 fully saturated rings. The number of para-hydroxylation sites is 2. The molecule has 6 aromatic rings. The number of benzene rings is 4. The average Bonchev–Trinajstić information content (AvgIpc) is 3.94. The van der Waals surface area contributed by atoms with Crippen LogP contribution in [0.4, 0.5) is 0 Å². The predicted molar refractivity (Wildman–Crippen MR) is 233 cm³/mol. The molecular formula is C48H48Cl2O4SiZr.